The lowest BCUT2D eigenvalue weighted by atomic mass is 10.2. The third-order valence-corrected chi connectivity index (χ3v) is 3.11. The maximum Gasteiger partial charge on any atom is 0.255 e. The normalized spacial score (nSPS) is 10.2. The molecule has 0 atom stereocenters. The van der Waals surface area contributed by atoms with Crippen molar-refractivity contribution in [3.8, 4) is 0 Å². The number of pyridine rings is 1. The minimum absolute atomic E-state index is 0.219. The summed E-state index contributed by atoms with van der Waals surface area (Å²) in [4.78, 5) is 16.0. The van der Waals surface area contributed by atoms with Crippen molar-refractivity contribution in [2.75, 3.05) is 5.32 Å². The molecule has 0 fully saturated rings. The summed E-state index contributed by atoms with van der Waals surface area (Å²) in [7, 11) is 0. The van der Waals surface area contributed by atoms with Crippen molar-refractivity contribution in [2.45, 2.75) is 6.92 Å². The Kier molecular flexibility index (Phi) is 3.99. The molecule has 0 saturated carbocycles. The van der Waals surface area contributed by atoms with E-state index in [0.717, 1.165) is 5.56 Å². The van der Waals surface area contributed by atoms with E-state index < -0.39 is 0 Å². The van der Waals surface area contributed by atoms with Gasteiger partial charge in [0.15, 0.2) is 0 Å². The largest absolute Gasteiger partial charge is 0.321 e. The molecule has 3 nitrogen and oxygen atoms in total. The predicted molar refractivity (Wildman–Crippen MR) is 76.1 cm³/mol. The molecule has 18 heavy (non-hydrogen) atoms. The number of halogens is 2. The Bertz CT molecular complexity index is 601. The highest BCUT2D eigenvalue weighted by Crippen LogP contribution is 2.23. The van der Waals surface area contributed by atoms with Gasteiger partial charge in [-0.1, -0.05) is 17.7 Å². The number of nitrogens with one attached hydrogen (secondary N) is 1. The summed E-state index contributed by atoms with van der Waals surface area (Å²) in [6.45, 7) is 1.94. The number of amides is 1. The van der Waals surface area contributed by atoms with Gasteiger partial charge in [0.1, 0.15) is 4.60 Å². The number of carbonyl (C=O) groups is 1. The maximum absolute atomic E-state index is 12.0. The number of aromatic nitrogens is 1. The lowest BCUT2D eigenvalue weighted by molar-refractivity contribution is 0.102. The summed E-state index contributed by atoms with van der Waals surface area (Å²) in [5.41, 5.74) is 2.17. The molecule has 1 aromatic carbocycles. The Morgan fingerprint density at radius 1 is 1.33 bits per heavy atom. The Labute approximate surface area is 118 Å². The average Bonchev–Trinajstić information content (AvgIpc) is 2.32. The van der Waals surface area contributed by atoms with Crippen LogP contribution in [0.1, 0.15) is 15.9 Å². The van der Waals surface area contributed by atoms with Crippen LogP contribution >= 0.6 is 27.5 Å². The van der Waals surface area contributed by atoms with Crippen LogP contribution in [0.15, 0.2) is 41.1 Å². The van der Waals surface area contributed by atoms with Crippen molar-refractivity contribution in [3.05, 3.63) is 57.3 Å². The molecule has 1 heterocycles. The lowest BCUT2D eigenvalue weighted by Gasteiger charge is -2.08. The van der Waals surface area contributed by atoms with Gasteiger partial charge in [-0.2, -0.15) is 0 Å². The highest BCUT2D eigenvalue weighted by Gasteiger charge is 2.09. The summed E-state index contributed by atoms with van der Waals surface area (Å²) in [5.74, 6) is -0.219. The van der Waals surface area contributed by atoms with Gasteiger partial charge in [0.05, 0.1) is 10.7 Å². The van der Waals surface area contributed by atoms with Crippen LogP contribution in [-0.2, 0) is 0 Å². The van der Waals surface area contributed by atoms with E-state index in [0.29, 0.717) is 20.9 Å². The number of nitrogens with zero attached hydrogens (tertiary/aromatic N) is 1. The van der Waals surface area contributed by atoms with E-state index in [1.165, 1.54) is 0 Å². The molecule has 2 aromatic rings. The zero-order chi connectivity index (χ0) is 13.1. The van der Waals surface area contributed by atoms with Gasteiger partial charge in [-0.15, -0.1) is 0 Å². The van der Waals surface area contributed by atoms with Gasteiger partial charge >= 0.3 is 0 Å². The van der Waals surface area contributed by atoms with E-state index in [2.05, 4.69) is 26.2 Å². The SMILES string of the molecule is Cc1ccc(NC(=O)c2ccnc(Br)c2)c(Cl)c1. The second kappa shape index (κ2) is 5.50. The molecule has 0 bridgehead atoms. The van der Waals surface area contributed by atoms with Gasteiger partial charge in [0.25, 0.3) is 5.91 Å². The van der Waals surface area contributed by atoms with E-state index in [1.54, 1.807) is 30.5 Å². The van der Waals surface area contributed by atoms with Crippen molar-refractivity contribution in [1.82, 2.24) is 4.98 Å². The number of hydrogen-bond donors (Lipinski definition) is 1. The van der Waals surface area contributed by atoms with Crippen molar-refractivity contribution < 1.29 is 4.79 Å². The molecule has 0 aliphatic heterocycles. The van der Waals surface area contributed by atoms with Crippen LogP contribution in [0.2, 0.25) is 5.02 Å². The van der Waals surface area contributed by atoms with Gasteiger partial charge in [-0.3, -0.25) is 4.79 Å². The average molecular weight is 326 g/mol. The fourth-order valence-corrected chi connectivity index (χ4v) is 2.11. The summed E-state index contributed by atoms with van der Waals surface area (Å²) < 4.78 is 0.616. The van der Waals surface area contributed by atoms with Gasteiger partial charge in [-0.25, -0.2) is 4.98 Å². The minimum atomic E-state index is -0.219. The molecular weight excluding hydrogens is 316 g/mol. The standard InChI is InChI=1S/C13H10BrClN2O/c1-8-2-3-11(10(15)6-8)17-13(18)9-4-5-16-12(14)7-9/h2-7H,1H3,(H,17,18). The molecule has 1 amide bonds. The second-order valence-electron chi connectivity index (χ2n) is 3.80. The monoisotopic (exact) mass is 324 g/mol. The Hall–Kier alpha value is -1.39. The first kappa shape index (κ1) is 13.1. The van der Waals surface area contributed by atoms with Gasteiger partial charge in [0, 0.05) is 11.8 Å². The van der Waals surface area contributed by atoms with Crippen molar-refractivity contribution in [1.29, 1.82) is 0 Å². The third kappa shape index (κ3) is 3.09. The molecule has 2 rings (SSSR count). The van der Waals surface area contributed by atoms with Gasteiger partial charge in [-0.05, 0) is 52.7 Å². The highest BCUT2D eigenvalue weighted by atomic mass is 79.9. The van der Waals surface area contributed by atoms with Crippen LogP contribution in [0.25, 0.3) is 0 Å². The molecule has 0 unspecified atom stereocenters. The van der Waals surface area contributed by atoms with E-state index in [9.17, 15) is 4.79 Å². The predicted octanol–water partition coefficient (Wildman–Crippen LogP) is 4.06. The van der Waals surface area contributed by atoms with E-state index in [-0.39, 0.29) is 5.91 Å². The fraction of sp³-hybridized carbons (Fsp3) is 0.0769. The first-order valence-electron chi connectivity index (χ1n) is 5.25. The van der Waals surface area contributed by atoms with Crippen molar-refractivity contribution >= 4 is 39.1 Å². The van der Waals surface area contributed by atoms with Crippen LogP contribution in [0.4, 0.5) is 5.69 Å². The molecule has 1 aromatic heterocycles. The first-order valence-corrected chi connectivity index (χ1v) is 6.42. The smallest absolute Gasteiger partial charge is 0.255 e. The molecular formula is C13H10BrClN2O. The number of anilines is 1. The fourth-order valence-electron chi connectivity index (χ4n) is 1.46. The van der Waals surface area contributed by atoms with Crippen LogP contribution in [0.5, 0.6) is 0 Å². The minimum Gasteiger partial charge on any atom is -0.321 e. The van der Waals surface area contributed by atoms with E-state index in [4.69, 9.17) is 11.6 Å². The molecule has 0 saturated heterocycles. The first-order chi connectivity index (χ1) is 8.56. The summed E-state index contributed by atoms with van der Waals surface area (Å²) >= 11 is 9.28. The van der Waals surface area contributed by atoms with E-state index in [1.807, 2.05) is 13.0 Å². The van der Waals surface area contributed by atoms with Crippen LogP contribution < -0.4 is 5.32 Å². The van der Waals surface area contributed by atoms with E-state index >= 15 is 0 Å². The number of aryl methyl sites for hydroxylation is 1. The molecule has 0 spiro atoms. The molecule has 0 aliphatic carbocycles. The second-order valence-corrected chi connectivity index (χ2v) is 5.02. The Balaban J connectivity index is 2.21. The van der Waals surface area contributed by atoms with Crippen molar-refractivity contribution in [2.24, 2.45) is 0 Å². The zero-order valence-corrected chi connectivity index (χ0v) is 11.9. The molecule has 92 valence electrons. The lowest BCUT2D eigenvalue weighted by Crippen LogP contribution is -2.12. The molecule has 0 radical (unpaired) electrons. The number of hydrogen-bond acceptors (Lipinski definition) is 2. The van der Waals surface area contributed by atoms with Gasteiger partial charge < -0.3 is 5.32 Å². The number of rotatable bonds is 2. The zero-order valence-electron chi connectivity index (χ0n) is 9.58. The molecule has 5 heteroatoms. The summed E-state index contributed by atoms with van der Waals surface area (Å²) in [6, 6.07) is 8.77. The van der Waals surface area contributed by atoms with Crippen LogP contribution in [-0.4, -0.2) is 10.9 Å². The molecule has 1 N–H and O–H groups in total. The Morgan fingerprint density at radius 2 is 2.11 bits per heavy atom. The third-order valence-electron chi connectivity index (χ3n) is 2.36. The summed E-state index contributed by atoms with van der Waals surface area (Å²) in [6.07, 6.45) is 1.57. The molecule has 0 aliphatic rings. The quantitative estimate of drug-likeness (QED) is 0.846. The maximum atomic E-state index is 12.0. The van der Waals surface area contributed by atoms with Crippen LogP contribution in [0.3, 0.4) is 0 Å². The number of carbonyl (C=O) groups excluding carboxylic acids is 1. The summed E-state index contributed by atoms with van der Waals surface area (Å²) in [5, 5.41) is 3.29. The topological polar surface area (TPSA) is 42.0 Å². The van der Waals surface area contributed by atoms with Crippen LogP contribution in [0, 0.1) is 6.92 Å². The van der Waals surface area contributed by atoms with Gasteiger partial charge in [0.2, 0.25) is 0 Å². The Morgan fingerprint density at radius 3 is 2.78 bits per heavy atom. The highest BCUT2D eigenvalue weighted by molar-refractivity contribution is 9.10. The number of benzene rings is 1. The van der Waals surface area contributed by atoms with Crippen molar-refractivity contribution in [3.63, 3.8) is 0 Å².